The topological polar surface area (TPSA) is 34.4 Å². The largest absolute Gasteiger partial charge is 0.269 e. The van der Waals surface area contributed by atoms with E-state index in [0.717, 1.165) is 16.6 Å². The second-order valence-corrected chi connectivity index (χ2v) is 3.93. The van der Waals surface area contributed by atoms with Crippen molar-refractivity contribution in [3.63, 3.8) is 0 Å². The summed E-state index contributed by atoms with van der Waals surface area (Å²) in [5, 5.41) is 0. The number of aryl methyl sites for hydroxylation is 1. The number of nitrogens with zero attached hydrogens (tertiary/aromatic N) is 2. The Morgan fingerprint density at radius 2 is 2.29 bits per heavy atom. The van der Waals surface area contributed by atoms with Gasteiger partial charge in [-0.25, -0.2) is 4.98 Å². The first-order valence-electron chi connectivity index (χ1n) is 4.38. The van der Waals surface area contributed by atoms with Crippen molar-refractivity contribution in [1.29, 1.82) is 0 Å². The maximum Gasteiger partial charge on any atom is 0.258 e. The predicted molar refractivity (Wildman–Crippen MR) is 58.5 cm³/mol. The first-order valence-corrected chi connectivity index (χ1v) is 5.18. The van der Waals surface area contributed by atoms with Gasteiger partial charge in [-0.05, 0) is 34.5 Å². The van der Waals surface area contributed by atoms with Gasteiger partial charge in [-0.15, -0.1) is 0 Å². The molecule has 2 heterocycles. The van der Waals surface area contributed by atoms with E-state index in [1.54, 1.807) is 12.3 Å². The van der Waals surface area contributed by atoms with Gasteiger partial charge in [-0.3, -0.25) is 9.20 Å². The van der Waals surface area contributed by atoms with Crippen LogP contribution in [0.1, 0.15) is 12.6 Å². The van der Waals surface area contributed by atoms with E-state index in [1.807, 2.05) is 19.1 Å². The van der Waals surface area contributed by atoms with Crippen molar-refractivity contribution in [2.45, 2.75) is 13.3 Å². The number of hydrogen-bond donors (Lipinski definition) is 0. The van der Waals surface area contributed by atoms with Crippen molar-refractivity contribution in [2.75, 3.05) is 0 Å². The average molecular weight is 253 g/mol. The van der Waals surface area contributed by atoms with Crippen molar-refractivity contribution in [3.05, 3.63) is 44.9 Å². The van der Waals surface area contributed by atoms with Gasteiger partial charge in [0.2, 0.25) is 0 Å². The molecule has 0 bridgehead atoms. The first kappa shape index (κ1) is 9.40. The van der Waals surface area contributed by atoms with Crippen molar-refractivity contribution < 1.29 is 0 Å². The van der Waals surface area contributed by atoms with Gasteiger partial charge >= 0.3 is 0 Å². The minimum absolute atomic E-state index is 0.0341. The van der Waals surface area contributed by atoms with Gasteiger partial charge in [-0.1, -0.05) is 6.92 Å². The fraction of sp³-hybridized carbons (Fsp3) is 0.200. The highest BCUT2D eigenvalue weighted by Gasteiger charge is 2.00. The maximum atomic E-state index is 11.6. The molecule has 0 fully saturated rings. The fourth-order valence-corrected chi connectivity index (χ4v) is 1.64. The molecule has 0 saturated carbocycles. The van der Waals surface area contributed by atoms with Crippen molar-refractivity contribution in [2.24, 2.45) is 0 Å². The van der Waals surface area contributed by atoms with Gasteiger partial charge in [0.25, 0.3) is 5.56 Å². The third-order valence-corrected chi connectivity index (χ3v) is 2.51. The number of aromatic nitrogens is 2. The molecule has 3 nitrogen and oxygen atoms in total. The smallest absolute Gasteiger partial charge is 0.258 e. The highest BCUT2D eigenvalue weighted by molar-refractivity contribution is 9.10. The summed E-state index contributed by atoms with van der Waals surface area (Å²) in [5.41, 5.74) is 1.49. The van der Waals surface area contributed by atoms with E-state index in [4.69, 9.17) is 0 Å². The lowest BCUT2D eigenvalue weighted by molar-refractivity contribution is 0.963. The average Bonchev–Trinajstić information content (AvgIpc) is 2.19. The van der Waals surface area contributed by atoms with E-state index in [2.05, 4.69) is 20.9 Å². The summed E-state index contributed by atoms with van der Waals surface area (Å²) in [6, 6.07) is 5.27. The van der Waals surface area contributed by atoms with Crippen LogP contribution >= 0.6 is 15.9 Å². The number of halogens is 1. The summed E-state index contributed by atoms with van der Waals surface area (Å²) < 4.78 is 2.40. The van der Waals surface area contributed by atoms with E-state index in [9.17, 15) is 4.79 Å². The molecule has 0 amide bonds. The molecule has 2 aromatic heterocycles. The standard InChI is InChI=1S/C10H9BrN2O/c1-2-8-5-10(14)13-6-7(11)3-4-9(13)12-8/h3-6H,2H2,1H3. The summed E-state index contributed by atoms with van der Waals surface area (Å²) in [4.78, 5) is 16.0. The lowest BCUT2D eigenvalue weighted by atomic mass is 10.3. The molecule has 0 unspecified atom stereocenters. The number of fused-ring (bicyclic) bond motifs is 1. The molecule has 4 heteroatoms. The molecule has 2 aromatic rings. The molecule has 0 atom stereocenters. The second-order valence-electron chi connectivity index (χ2n) is 3.01. The third-order valence-electron chi connectivity index (χ3n) is 2.04. The van der Waals surface area contributed by atoms with E-state index < -0.39 is 0 Å². The molecule has 0 aliphatic carbocycles. The van der Waals surface area contributed by atoms with Crippen LogP contribution in [0.4, 0.5) is 0 Å². The zero-order valence-electron chi connectivity index (χ0n) is 7.70. The summed E-state index contributed by atoms with van der Waals surface area (Å²) in [6.45, 7) is 1.98. The van der Waals surface area contributed by atoms with Crippen LogP contribution < -0.4 is 5.56 Å². The Hall–Kier alpha value is -1.16. The Morgan fingerprint density at radius 1 is 1.50 bits per heavy atom. The van der Waals surface area contributed by atoms with Crippen LogP contribution in [-0.2, 0) is 6.42 Å². The molecule has 0 radical (unpaired) electrons. The Morgan fingerprint density at radius 3 is 3.00 bits per heavy atom. The van der Waals surface area contributed by atoms with Crippen LogP contribution in [-0.4, -0.2) is 9.38 Å². The van der Waals surface area contributed by atoms with Crippen molar-refractivity contribution >= 4 is 21.6 Å². The molecule has 0 aliphatic heterocycles. The lowest BCUT2D eigenvalue weighted by Crippen LogP contribution is -2.14. The van der Waals surface area contributed by atoms with Gasteiger partial charge < -0.3 is 0 Å². The SMILES string of the molecule is CCc1cc(=O)n2cc(Br)ccc2n1. The minimum Gasteiger partial charge on any atom is -0.269 e. The molecule has 0 spiro atoms. The van der Waals surface area contributed by atoms with Gasteiger partial charge in [0.05, 0.1) is 0 Å². The van der Waals surface area contributed by atoms with Gasteiger partial charge in [0.15, 0.2) is 0 Å². The summed E-state index contributed by atoms with van der Waals surface area (Å²) in [6.07, 6.45) is 2.51. The van der Waals surface area contributed by atoms with E-state index in [0.29, 0.717) is 5.65 Å². The van der Waals surface area contributed by atoms with Crippen LogP contribution in [0.5, 0.6) is 0 Å². The fourth-order valence-electron chi connectivity index (χ4n) is 1.31. The maximum absolute atomic E-state index is 11.6. The molecule has 72 valence electrons. The zero-order chi connectivity index (χ0) is 10.1. The molecule has 0 aromatic carbocycles. The third kappa shape index (κ3) is 1.57. The van der Waals surface area contributed by atoms with Crippen LogP contribution in [0.25, 0.3) is 5.65 Å². The van der Waals surface area contributed by atoms with Crippen LogP contribution in [0.3, 0.4) is 0 Å². The molecular weight excluding hydrogens is 244 g/mol. The van der Waals surface area contributed by atoms with Crippen molar-refractivity contribution in [1.82, 2.24) is 9.38 Å². The quantitative estimate of drug-likeness (QED) is 0.779. The van der Waals surface area contributed by atoms with Gasteiger partial charge in [-0.2, -0.15) is 0 Å². The molecule has 14 heavy (non-hydrogen) atoms. The number of pyridine rings is 1. The normalized spacial score (nSPS) is 10.7. The number of rotatable bonds is 1. The van der Waals surface area contributed by atoms with Crippen LogP contribution in [0.15, 0.2) is 33.7 Å². The van der Waals surface area contributed by atoms with Gasteiger partial charge in [0, 0.05) is 22.4 Å². The van der Waals surface area contributed by atoms with E-state index in [1.165, 1.54) is 4.40 Å². The Kier molecular flexibility index (Phi) is 2.37. The summed E-state index contributed by atoms with van der Waals surface area (Å²) in [7, 11) is 0. The number of hydrogen-bond acceptors (Lipinski definition) is 2. The Balaban J connectivity index is 2.83. The predicted octanol–water partition coefficient (Wildman–Crippen LogP) is 2.02. The highest BCUT2D eigenvalue weighted by atomic mass is 79.9. The monoisotopic (exact) mass is 252 g/mol. The first-order chi connectivity index (χ1) is 6.70. The summed E-state index contributed by atoms with van der Waals surface area (Å²) >= 11 is 3.31. The lowest BCUT2D eigenvalue weighted by Gasteiger charge is -2.02. The molecule has 0 aliphatic rings. The Bertz CT molecular complexity index is 533. The van der Waals surface area contributed by atoms with Crippen LogP contribution in [0, 0.1) is 0 Å². The van der Waals surface area contributed by atoms with Crippen LogP contribution in [0.2, 0.25) is 0 Å². The molecule has 0 N–H and O–H groups in total. The minimum atomic E-state index is -0.0341. The van der Waals surface area contributed by atoms with Gasteiger partial charge in [0.1, 0.15) is 5.65 Å². The van der Waals surface area contributed by atoms with Crippen molar-refractivity contribution in [3.8, 4) is 0 Å². The second kappa shape index (κ2) is 3.53. The molecule has 2 rings (SSSR count). The van der Waals surface area contributed by atoms with E-state index in [-0.39, 0.29) is 5.56 Å². The Labute approximate surface area is 89.5 Å². The molecule has 0 saturated heterocycles. The highest BCUT2D eigenvalue weighted by Crippen LogP contribution is 2.09. The van der Waals surface area contributed by atoms with E-state index >= 15 is 0 Å². The zero-order valence-corrected chi connectivity index (χ0v) is 9.28. The summed E-state index contributed by atoms with van der Waals surface area (Å²) in [5.74, 6) is 0. The molecular formula is C10H9BrN2O.